The Hall–Kier alpha value is -0.340. The van der Waals surface area contributed by atoms with Crippen molar-refractivity contribution in [2.75, 3.05) is 0 Å². The molecule has 0 aliphatic heterocycles. The van der Waals surface area contributed by atoms with Gasteiger partial charge in [-0.25, -0.2) is 0 Å². The van der Waals surface area contributed by atoms with Crippen molar-refractivity contribution in [1.29, 1.82) is 0 Å². The van der Waals surface area contributed by atoms with Gasteiger partial charge in [0.1, 0.15) is 0 Å². The van der Waals surface area contributed by atoms with Gasteiger partial charge in [0, 0.05) is 4.47 Å². The van der Waals surface area contributed by atoms with Crippen LogP contribution in [0.2, 0.25) is 0 Å². The second-order valence-corrected chi connectivity index (χ2v) is 5.30. The molecule has 1 nitrogen and oxygen atoms in total. The normalized spacial score (nSPS) is 15.6. The first-order chi connectivity index (χ1) is 6.42. The first kappa shape index (κ1) is 11.7. The number of hydrogen-bond acceptors (Lipinski definition) is 1. The molecule has 0 aliphatic rings. The molecule has 14 heavy (non-hydrogen) atoms. The summed E-state index contributed by atoms with van der Waals surface area (Å²) in [4.78, 5) is 0. The Morgan fingerprint density at radius 2 is 2.07 bits per heavy atom. The third kappa shape index (κ3) is 3.10. The lowest BCUT2D eigenvalue weighted by Gasteiger charge is -2.26. The molecule has 0 bridgehead atoms. The standard InChI is InChI=1S/C12H17BrO/c1-9(2)8-12(3,14)10-5-4-6-11(13)7-10/h4-7,9,14H,8H2,1-3H3. The van der Waals surface area contributed by atoms with Crippen LogP contribution in [0.3, 0.4) is 0 Å². The molecule has 1 N–H and O–H groups in total. The maximum atomic E-state index is 10.3. The number of rotatable bonds is 3. The van der Waals surface area contributed by atoms with Crippen molar-refractivity contribution < 1.29 is 5.11 Å². The molecule has 0 saturated heterocycles. The fraction of sp³-hybridized carbons (Fsp3) is 0.500. The summed E-state index contributed by atoms with van der Waals surface area (Å²) in [6, 6.07) is 7.86. The predicted octanol–water partition coefficient (Wildman–Crippen LogP) is 3.70. The molecule has 0 aliphatic carbocycles. The van der Waals surface area contributed by atoms with Gasteiger partial charge in [-0.05, 0) is 37.0 Å². The topological polar surface area (TPSA) is 20.2 Å². The van der Waals surface area contributed by atoms with E-state index < -0.39 is 5.60 Å². The Balaban J connectivity index is 2.91. The first-order valence-corrected chi connectivity index (χ1v) is 5.69. The van der Waals surface area contributed by atoms with Crippen LogP contribution < -0.4 is 0 Å². The van der Waals surface area contributed by atoms with Gasteiger partial charge in [-0.15, -0.1) is 0 Å². The van der Waals surface area contributed by atoms with Crippen LogP contribution in [0.1, 0.15) is 32.8 Å². The monoisotopic (exact) mass is 256 g/mol. The van der Waals surface area contributed by atoms with E-state index in [4.69, 9.17) is 0 Å². The molecule has 1 atom stereocenters. The van der Waals surface area contributed by atoms with Crippen LogP contribution in [0.15, 0.2) is 28.7 Å². The van der Waals surface area contributed by atoms with Crippen molar-refractivity contribution in [2.24, 2.45) is 5.92 Å². The molecule has 1 unspecified atom stereocenters. The maximum absolute atomic E-state index is 10.3. The van der Waals surface area contributed by atoms with Crippen molar-refractivity contribution in [3.05, 3.63) is 34.3 Å². The molecule has 1 aromatic carbocycles. The van der Waals surface area contributed by atoms with E-state index in [9.17, 15) is 5.11 Å². The molecule has 0 heterocycles. The highest BCUT2D eigenvalue weighted by molar-refractivity contribution is 9.10. The van der Waals surface area contributed by atoms with Crippen LogP contribution in [-0.4, -0.2) is 5.11 Å². The smallest absolute Gasteiger partial charge is 0.0871 e. The van der Waals surface area contributed by atoms with Gasteiger partial charge < -0.3 is 5.11 Å². The highest BCUT2D eigenvalue weighted by Gasteiger charge is 2.24. The van der Waals surface area contributed by atoms with Gasteiger partial charge in [0.05, 0.1) is 5.60 Å². The zero-order valence-electron chi connectivity index (χ0n) is 8.92. The van der Waals surface area contributed by atoms with Gasteiger partial charge in [0.25, 0.3) is 0 Å². The van der Waals surface area contributed by atoms with Gasteiger partial charge in [0.15, 0.2) is 0 Å². The van der Waals surface area contributed by atoms with Gasteiger partial charge in [0.2, 0.25) is 0 Å². The number of aliphatic hydroxyl groups is 1. The van der Waals surface area contributed by atoms with Crippen molar-refractivity contribution in [1.82, 2.24) is 0 Å². The van der Waals surface area contributed by atoms with Crippen molar-refractivity contribution >= 4 is 15.9 Å². The lowest BCUT2D eigenvalue weighted by atomic mass is 9.87. The van der Waals surface area contributed by atoms with E-state index in [1.807, 2.05) is 31.2 Å². The van der Waals surface area contributed by atoms with E-state index in [1.54, 1.807) is 0 Å². The summed E-state index contributed by atoms with van der Waals surface area (Å²) in [6.45, 7) is 6.10. The van der Waals surface area contributed by atoms with E-state index >= 15 is 0 Å². The molecule has 0 radical (unpaired) electrons. The summed E-state index contributed by atoms with van der Waals surface area (Å²) < 4.78 is 1.01. The van der Waals surface area contributed by atoms with E-state index in [2.05, 4.69) is 29.8 Å². The van der Waals surface area contributed by atoms with Crippen LogP contribution in [0.4, 0.5) is 0 Å². The second-order valence-electron chi connectivity index (χ2n) is 4.38. The van der Waals surface area contributed by atoms with Crippen LogP contribution in [0, 0.1) is 5.92 Å². The van der Waals surface area contributed by atoms with Crippen LogP contribution in [0.25, 0.3) is 0 Å². The lowest BCUT2D eigenvalue weighted by Crippen LogP contribution is -2.23. The van der Waals surface area contributed by atoms with Crippen molar-refractivity contribution in [3.8, 4) is 0 Å². The van der Waals surface area contributed by atoms with Crippen molar-refractivity contribution in [2.45, 2.75) is 32.8 Å². The van der Waals surface area contributed by atoms with Gasteiger partial charge >= 0.3 is 0 Å². The SMILES string of the molecule is CC(C)CC(C)(O)c1cccc(Br)c1. The molecule has 1 aromatic rings. The summed E-state index contributed by atoms with van der Waals surface area (Å²) in [5.41, 5.74) is 0.248. The van der Waals surface area contributed by atoms with Crippen LogP contribution in [0.5, 0.6) is 0 Å². The Morgan fingerprint density at radius 1 is 1.43 bits per heavy atom. The average molecular weight is 257 g/mol. The summed E-state index contributed by atoms with van der Waals surface area (Å²) >= 11 is 3.41. The largest absolute Gasteiger partial charge is 0.385 e. The quantitative estimate of drug-likeness (QED) is 0.875. The predicted molar refractivity (Wildman–Crippen MR) is 63.2 cm³/mol. The van der Waals surface area contributed by atoms with Gasteiger partial charge in [-0.3, -0.25) is 0 Å². The Bertz CT molecular complexity index is 305. The van der Waals surface area contributed by atoms with Crippen LogP contribution in [-0.2, 0) is 5.60 Å². The third-order valence-electron chi connectivity index (χ3n) is 2.25. The molecule has 0 spiro atoms. The molecule has 1 rings (SSSR count). The second kappa shape index (κ2) is 4.45. The summed E-state index contributed by atoms with van der Waals surface area (Å²) in [5, 5.41) is 10.3. The average Bonchev–Trinajstić information content (AvgIpc) is 2.01. The Morgan fingerprint density at radius 3 is 2.57 bits per heavy atom. The molecule has 0 fully saturated rings. The zero-order valence-corrected chi connectivity index (χ0v) is 10.5. The van der Waals surface area contributed by atoms with Gasteiger partial charge in [-0.2, -0.15) is 0 Å². The molecular formula is C12H17BrO. The first-order valence-electron chi connectivity index (χ1n) is 4.90. The minimum atomic E-state index is -0.724. The summed E-state index contributed by atoms with van der Waals surface area (Å²) in [6.07, 6.45) is 0.781. The molecule has 78 valence electrons. The fourth-order valence-corrected chi connectivity index (χ4v) is 2.14. The maximum Gasteiger partial charge on any atom is 0.0871 e. The van der Waals surface area contributed by atoms with E-state index in [-0.39, 0.29) is 0 Å². The van der Waals surface area contributed by atoms with E-state index in [1.165, 1.54) is 0 Å². The zero-order chi connectivity index (χ0) is 10.8. The fourth-order valence-electron chi connectivity index (χ4n) is 1.74. The van der Waals surface area contributed by atoms with E-state index in [0.29, 0.717) is 5.92 Å². The molecule has 0 saturated carbocycles. The highest BCUT2D eigenvalue weighted by atomic mass is 79.9. The molecule has 2 heteroatoms. The summed E-state index contributed by atoms with van der Waals surface area (Å²) in [7, 11) is 0. The molecular weight excluding hydrogens is 240 g/mol. The van der Waals surface area contributed by atoms with E-state index in [0.717, 1.165) is 16.5 Å². The minimum Gasteiger partial charge on any atom is -0.385 e. The number of hydrogen-bond donors (Lipinski definition) is 1. The highest BCUT2D eigenvalue weighted by Crippen LogP contribution is 2.29. The third-order valence-corrected chi connectivity index (χ3v) is 2.75. The Kier molecular flexibility index (Phi) is 3.73. The molecule has 0 amide bonds. The van der Waals surface area contributed by atoms with Crippen LogP contribution >= 0.6 is 15.9 Å². The minimum absolute atomic E-state index is 0.490. The molecule has 0 aromatic heterocycles. The number of halogens is 1. The summed E-state index contributed by atoms with van der Waals surface area (Å²) in [5.74, 6) is 0.490. The van der Waals surface area contributed by atoms with Crippen molar-refractivity contribution in [3.63, 3.8) is 0 Å². The number of benzene rings is 1. The lowest BCUT2D eigenvalue weighted by molar-refractivity contribution is 0.0348. The van der Waals surface area contributed by atoms with Gasteiger partial charge in [-0.1, -0.05) is 41.9 Å². The Labute approximate surface area is 94.3 Å².